The summed E-state index contributed by atoms with van der Waals surface area (Å²) in [6.07, 6.45) is 1.45. The van der Waals surface area contributed by atoms with Crippen molar-refractivity contribution in [1.29, 1.82) is 0 Å². The van der Waals surface area contributed by atoms with Crippen LogP contribution in [0.2, 0.25) is 0 Å². The second kappa shape index (κ2) is 6.63. The predicted octanol–water partition coefficient (Wildman–Crippen LogP) is 1.70. The quantitative estimate of drug-likeness (QED) is 0.564. The molecule has 8 nitrogen and oxygen atoms in total. The van der Waals surface area contributed by atoms with Crippen LogP contribution in [0.5, 0.6) is 17.2 Å². The van der Waals surface area contributed by atoms with Crippen molar-refractivity contribution >= 4 is 23.1 Å². The van der Waals surface area contributed by atoms with Crippen LogP contribution in [0.4, 0.5) is 17.2 Å². The number of rotatable bonds is 5. The summed E-state index contributed by atoms with van der Waals surface area (Å²) in [4.78, 5) is 16.4. The number of benzene rings is 1. The predicted molar refractivity (Wildman–Crippen MR) is 89.6 cm³/mol. The third-order valence-electron chi connectivity index (χ3n) is 3.58. The molecule has 8 heteroatoms. The number of pyridine rings is 1. The first-order valence-corrected chi connectivity index (χ1v) is 7.41. The highest BCUT2D eigenvalue weighted by molar-refractivity contribution is 6.03. The molecule has 1 aromatic heterocycles. The Hall–Kier alpha value is -3.00. The minimum absolute atomic E-state index is 0.0501. The van der Waals surface area contributed by atoms with Crippen LogP contribution < -0.4 is 25.4 Å². The zero-order valence-electron chi connectivity index (χ0n) is 13.3. The van der Waals surface area contributed by atoms with E-state index in [1.807, 2.05) is 0 Å². The summed E-state index contributed by atoms with van der Waals surface area (Å²) in [6, 6.07) is 5.39. The van der Waals surface area contributed by atoms with E-state index in [1.54, 1.807) is 32.4 Å². The Bertz CT molecular complexity index is 779. The van der Waals surface area contributed by atoms with Gasteiger partial charge in [0.05, 0.1) is 19.3 Å². The standard InChI is InChI=1S/C16H18N4O4/c1-17-16(22)9-8-19-15(18-6-7-21)14-12(9)20-13-10(23-2)4-3-5-11(13)24-14/h3-5,8,20-21H,6-7H2,1-2H3,(H,17,22)(H,18,19). The number of ether oxygens (including phenoxy) is 2. The average Bonchev–Trinajstić information content (AvgIpc) is 2.63. The van der Waals surface area contributed by atoms with Crippen LogP contribution in [-0.2, 0) is 0 Å². The number of para-hydroxylation sites is 1. The van der Waals surface area contributed by atoms with Gasteiger partial charge in [-0.15, -0.1) is 0 Å². The zero-order chi connectivity index (χ0) is 17.1. The number of anilines is 3. The maximum absolute atomic E-state index is 12.1. The summed E-state index contributed by atoms with van der Waals surface area (Å²) in [5.41, 5.74) is 1.47. The van der Waals surface area contributed by atoms with E-state index in [9.17, 15) is 4.79 Å². The van der Waals surface area contributed by atoms with Gasteiger partial charge in [0.1, 0.15) is 17.1 Å². The van der Waals surface area contributed by atoms with Gasteiger partial charge in [-0.05, 0) is 12.1 Å². The Labute approximate surface area is 138 Å². The molecule has 1 amide bonds. The summed E-state index contributed by atoms with van der Waals surface area (Å²) in [7, 11) is 3.11. The lowest BCUT2D eigenvalue weighted by Gasteiger charge is -2.26. The Balaban J connectivity index is 2.12. The highest BCUT2D eigenvalue weighted by Crippen LogP contribution is 2.49. The Morgan fingerprint density at radius 3 is 2.96 bits per heavy atom. The van der Waals surface area contributed by atoms with Crippen molar-refractivity contribution in [3.8, 4) is 17.2 Å². The van der Waals surface area contributed by atoms with Gasteiger partial charge in [-0.1, -0.05) is 6.07 Å². The number of fused-ring (bicyclic) bond motifs is 2. The van der Waals surface area contributed by atoms with Crippen molar-refractivity contribution in [3.05, 3.63) is 30.0 Å². The number of aliphatic hydroxyl groups is 1. The molecule has 24 heavy (non-hydrogen) atoms. The number of nitrogens with zero attached hydrogens (tertiary/aromatic N) is 1. The molecule has 0 unspecified atom stereocenters. The number of methoxy groups -OCH3 is 1. The van der Waals surface area contributed by atoms with E-state index in [1.165, 1.54) is 6.20 Å². The highest BCUT2D eigenvalue weighted by atomic mass is 16.5. The maximum Gasteiger partial charge on any atom is 0.254 e. The summed E-state index contributed by atoms with van der Waals surface area (Å²) >= 11 is 0. The Kier molecular flexibility index (Phi) is 4.39. The van der Waals surface area contributed by atoms with Gasteiger partial charge in [0.15, 0.2) is 17.3 Å². The van der Waals surface area contributed by atoms with Gasteiger partial charge in [0, 0.05) is 19.8 Å². The van der Waals surface area contributed by atoms with E-state index >= 15 is 0 Å². The molecule has 0 saturated carbocycles. The topological polar surface area (TPSA) is 105 Å². The molecule has 2 heterocycles. The van der Waals surface area contributed by atoms with Crippen LogP contribution in [0.1, 0.15) is 10.4 Å². The monoisotopic (exact) mass is 330 g/mol. The fourth-order valence-electron chi connectivity index (χ4n) is 2.45. The van der Waals surface area contributed by atoms with Crippen LogP contribution in [0.15, 0.2) is 24.4 Å². The number of amides is 1. The van der Waals surface area contributed by atoms with E-state index in [4.69, 9.17) is 14.6 Å². The molecule has 1 aromatic carbocycles. The first kappa shape index (κ1) is 15.9. The number of carbonyl (C=O) groups excluding carboxylic acids is 1. The first-order chi connectivity index (χ1) is 11.7. The molecular formula is C16H18N4O4. The molecule has 0 saturated heterocycles. The van der Waals surface area contributed by atoms with E-state index in [0.29, 0.717) is 46.5 Å². The minimum Gasteiger partial charge on any atom is -0.494 e. The van der Waals surface area contributed by atoms with Gasteiger partial charge in [0.25, 0.3) is 5.91 Å². The Morgan fingerprint density at radius 2 is 2.25 bits per heavy atom. The number of hydrogen-bond acceptors (Lipinski definition) is 7. The first-order valence-electron chi connectivity index (χ1n) is 7.41. The molecule has 2 aromatic rings. The summed E-state index contributed by atoms with van der Waals surface area (Å²) < 4.78 is 11.3. The zero-order valence-corrected chi connectivity index (χ0v) is 13.3. The second-order valence-electron chi connectivity index (χ2n) is 5.01. The molecule has 1 aliphatic heterocycles. The molecule has 0 fully saturated rings. The van der Waals surface area contributed by atoms with Crippen LogP contribution in [0.25, 0.3) is 0 Å². The largest absolute Gasteiger partial charge is 0.494 e. The number of hydrogen-bond donors (Lipinski definition) is 4. The van der Waals surface area contributed by atoms with Gasteiger partial charge in [-0.25, -0.2) is 4.98 Å². The lowest BCUT2D eigenvalue weighted by molar-refractivity contribution is 0.0963. The lowest BCUT2D eigenvalue weighted by Crippen LogP contribution is -2.21. The van der Waals surface area contributed by atoms with E-state index in [-0.39, 0.29) is 12.5 Å². The summed E-state index contributed by atoms with van der Waals surface area (Å²) in [5.74, 6) is 1.70. The van der Waals surface area contributed by atoms with Crippen LogP contribution >= 0.6 is 0 Å². The molecule has 4 N–H and O–H groups in total. The molecule has 0 atom stereocenters. The summed E-state index contributed by atoms with van der Waals surface area (Å²) in [5, 5.41) is 17.8. The van der Waals surface area contributed by atoms with E-state index < -0.39 is 0 Å². The molecule has 3 rings (SSSR count). The number of carbonyl (C=O) groups is 1. The van der Waals surface area contributed by atoms with Crippen molar-refractivity contribution in [1.82, 2.24) is 10.3 Å². The van der Waals surface area contributed by atoms with Gasteiger partial charge in [-0.2, -0.15) is 0 Å². The van der Waals surface area contributed by atoms with Crippen molar-refractivity contribution in [3.63, 3.8) is 0 Å². The summed E-state index contributed by atoms with van der Waals surface area (Å²) in [6.45, 7) is 0.262. The molecular weight excluding hydrogens is 312 g/mol. The fourth-order valence-corrected chi connectivity index (χ4v) is 2.45. The number of aromatic nitrogens is 1. The minimum atomic E-state index is -0.290. The lowest BCUT2D eigenvalue weighted by atomic mass is 10.1. The van der Waals surface area contributed by atoms with Gasteiger partial charge in [-0.3, -0.25) is 4.79 Å². The molecule has 1 aliphatic rings. The molecule has 126 valence electrons. The molecule has 0 aliphatic carbocycles. The van der Waals surface area contributed by atoms with Crippen molar-refractivity contribution < 1.29 is 19.4 Å². The van der Waals surface area contributed by atoms with Crippen molar-refractivity contribution in [2.75, 3.05) is 37.9 Å². The van der Waals surface area contributed by atoms with Crippen LogP contribution in [-0.4, -0.2) is 43.3 Å². The molecule has 0 spiro atoms. The van der Waals surface area contributed by atoms with Gasteiger partial charge in [0.2, 0.25) is 0 Å². The average molecular weight is 330 g/mol. The fraction of sp³-hybridized carbons (Fsp3) is 0.250. The van der Waals surface area contributed by atoms with E-state index in [0.717, 1.165) is 0 Å². The van der Waals surface area contributed by atoms with Crippen LogP contribution in [0.3, 0.4) is 0 Å². The highest BCUT2D eigenvalue weighted by Gasteiger charge is 2.27. The molecule has 0 bridgehead atoms. The van der Waals surface area contributed by atoms with Crippen molar-refractivity contribution in [2.45, 2.75) is 0 Å². The number of aliphatic hydroxyl groups excluding tert-OH is 1. The maximum atomic E-state index is 12.1. The van der Waals surface area contributed by atoms with Gasteiger partial charge < -0.3 is 30.5 Å². The molecule has 0 radical (unpaired) electrons. The Morgan fingerprint density at radius 1 is 1.42 bits per heavy atom. The second-order valence-corrected chi connectivity index (χ2v) is 5.01. The SMILES string of the molecule is CNC(=O)c1cnc(NCCO)c2c1Nc1c(OC)cccc1O2. The van der Waals surface area contributed by atoms with Crippen LogP contribution in [0, 0.1) is 0 Å². The third-order valence-corrected chi connectivity index (χ3v) is 3.58. The normalized spacial score (nSPS) is 11.5. The number of nitrogens with one attached hydrogen (secondary N) is 3. The smallest absolute Gasteiger partial charge is 0.254 e. The van der Waals surface area contributed by atoms with Gasteiger partial charge >= 0.3 is 0 Å². The third kappa shape index (κ3) is 2.67. The van der Waals surface area contributed by atoms with Crippen molar-refractivity contribution in [2.24, 2.45) is 0 Å². The van der Waals surface area contributed by atoms with E-state index in [2.05, 4.69) is 20.9 Å².